The summed E-state index contributed by atoms with van der Waals surface area (Å²) in [5, 5.41) is 8.68. The van der Waals surface area contributed by atoms with E-state index in [-0.39, 0.29) is 0 Å². The van der Waals surface area contributed by atoms with Crippen LogP contribution in [0.4, 0.5) is 0 Å². The Hall–Kier alpha value is -2.02. The van der Waals surface area contributed by atoms with Crippen LogP contribution in [0.5, 0.6) is 11.5 Å². The zero-order chi connectivity index (χ0) is 19.6. The van der Waals surface area contributed by atoms with Crippen LogP contribution in [0.3, 0.4) is 0 Å². The van der Waals surface area contributed by atoms with Crippen molar-refractivity contribution in [1.29, 1.82) is 0 Å². The fourth-order valence-corrected chi connectivity index (χ4v) is 2.81. The molecule has 0 saturated heterocycles. The van der Waals surface area contributed by atoms with Crippen LogP contribution in [-0.2, 0) is 6.61 Å². The van der Waals surface area contributed by atoms with Crippen molar-refractivity contribution in [3.8, 4) is 11.5 Å². The number of hydrogen-bond acceptors (Lipinski definition) is 4. The lowest BCUT2D eigenvalue weighted by molar-refractivity contribution is 0.269. The van der Waals surface area contributed by atoms with Crippen molar-refractivity contribution < 1.29 is 9.47 Å². The fourth-order valence-electron chi connectivity index (χ4n) is 2.15. The molecule has 0 atom stereocenters. The van der Waals surface area contributed by atoms with Gasteiger partial charge in [0.15, 0.2) is 16.6 Å². The number of hydrazone groups is 1. The van der Waals surface area contributed by atoms with Crippen LogP contribution < -0.4 is 20.2 Å². The Kier molecular flexibility index (Phi) is 8.64. The molecule has 0 aliphatic carbocycles. The Labute approximate surface area is 174 Å². The van der Waals surface area contributed by atoms with E-state index in [0.29, 0.717) is 39.9 Å². The lowest BCUT2D eigenvalue weighted by atomic mass is 10.2. The van der Waals surface area contributed by atoms with Crippen LogP contribution in [0.2, 0.25) is 10.0 Å². The van der Waals surface area contributed by atoms with Gasteiger partial charge in [-0.25, -0.2) is 0 Å². The number of nitrogens with zero attached hydrogens (tertiary/aromatic N) is 1. The second-order valence-corrected chi connectivity index (χ2v) is 6.64. The van der Waals surface area contributed by atoms with Crippen LogP contribution in [0.25, 0.3) is 0 Å². The van der Waals surface area contributed by atoms with Crippen molar-refractivity contribution >= 4 is 46.7 Å². The Morgan fingerprint density at radius 2 is 1.93 bits per heavy atom. The molecule has 2 aromatic carbocycles. The first kappa shape index (κ1) is 21.3. The molecule has 0 fully saturated rings. The minimum atomic E-state index is 0.308. The van der Waals surface area contributed by atoms with Gasteiger partial charge in [-0.2, -0.15) is 5.10 Å². The van der Waals surface area contributed by atoms with Gasteiger partial charge in [0.1, 0.15) is 6.61 Å². The maximum absolute atomic E-state index is 6.19. The highest BCUT2D eigenvalue weighted by Gasteiger charge is 2.08. The number of hydrogen-bond donors (Lipinski definition) is 2. The molecule has 0 bridgehead atoms. The molecule has 0 spiro atoms. The van der Waals surface area contributed by atoms with E-state index < -0.39 is 0 Å². The molecule has 5 nitrogen and oxygen atoms in total. The molecule has 144 valence electrons. The van der Waals surface area contributed by atoms with Gasteiger partial charge in [-0.15, -0.1) is 0 Å². The first-order chi connectivity index (χ1) is 13.0. The lowest BCUT2D eigenvalue weighted by Crippen LogP contribution is -2.31. The Bertz CT molecular complexity index is 816. The number of nitrogens with one attached hydrogen (secondary N) is 2. The number of thiocarbonyl (C=S) groups is 1. The average Bonchev–Trinajstić information content (AvgIpc) is 2.63. The maximum Gasteiger partial charge on any atom is 0.186 e. The molecular formula is C19H21Cl2N3O2S. The lowest BCUT2D eigenvalue weighted by Gasteiger charge is -2.13. The van der Waals surface area contributed by atoms with Gasteiger partial charge in [0.2, 0.25) is 0 Å². The molecule has 0 unspecified atom stereocenters. The third kappa shape index (κ3) is 6.90. The summed E-state index contributed by atoms with van der Waals surface area (Å²) in [4.78, 5) is 0. The van der Waals surface area contributed by atoms with Gasteiger partial charge in [-0.1, -0.05) is 29.3 Å². The van der Waals surface area contributed by atoms with E-state index >= 15 is 0 Å². The number of rotatable bonds is 8. The summed E-state index contributed by atoms with van der Waals surface area (Å²) in [5.41, 5.74) is 4.44. The molecule has 0 aliphatic rings. The minimum Gasteiger partial charge on any atom is -0.490 e. The van der Waals surface area contributed by atoms with E-state index in [4.69, 9.17) is 44.9 Å². The van der Waals surface area contributed by atoms with Crippen molar-refractivity contribution in [1.82, 2.24) is 10.7 Å². The zero-order valence-corrected chi connectivity index (χ0v) is 17.4. The van der Waals surface area contributed by atoms with Gasteiger partial charge in [0.05, 0.1) is 12.8 Å². The molecule has 27 heavy (non-hydrogen) atoms. The van der Waals surface area contributed by atoms with Gasteiger partial charge < -0.3 is 14.8 Å². The van der Waals surface area contributed by atoms with E-state index in [2.05, 4.69) is 15.8 Å². The SMILES string of the molecule is CCNC(=S)NN=Cc1ccc(OCc2ccc(Cl)cc2Cl)c(OCC)c1. The second-order valence-electron chi connectivity index (χ2n) is 5.39. The summed E-state index contributed by atoms with van der Waals surface area (Å²) in [7, 11) is 0. The highest BCUT2D eigenvalue weighted by molar-refractivity contribution is 7.80. The van der Waals surface area contributed by atoms with E-state index in [0.717, 1.165) is 17.7 Å². The summed E-state index contributed by atoms with van der Waals surface area (Å²) < 4.78 is 11.6. The van der Waals surface area contributed by atoms with E-state index in [1.807, 2.05) is 38.1 Å². The monoisotopic (exact) mass is 425 g/mol. The first-order valence-corrected chi connectivity index (χ1v) is 9.60. The summed E-state index contributed by atoms with van der Waals surface area (Å²) in [6.45, 7) is 5.43. The number of halogens is 2. The Morgan fingerprint density at radius 3 is 2.63 bits per heavy atom. The zero-order valence-electron chi connectivity index (χ0n) is 15.1. The van der Waals surface area contributed by atoms with Gasteiger partial charge in [-0.3, -0.25) is 5.43 Å². The molecule has 0 amide bonds. The van der Waals surface area contributed by atoms with Crippen LogP contribution >= 0.6 is 35.4 Å². The molecule has 0 saturated carbocycles. The van der Waals surface area contributed by atoms with Gasteiger partial charge in [0.25, 0.3) is 0 Å². The summed E-state index contributed by atoms with van der Waals surface area (Å²) in [5.74, 6) is 1.25. The number of benzene rings is 2. The standard InChI is InChI=1S/C19H21Cl2N3O2S/c1-3-22-19(27)24-23-11-13-5-8-17(18(9-13)25-4-2)26-12-14-6-7-15(20)10-16(14)21/h5-11H,3-4,12H2,1-2H3,(H2,22,24,27). The molecule has 0 radical (unpaired) electrons. The topological polar surface area (TPSA) is 54.9 Å². The van der Waals surface area contributed by atoms with Crippen LogP contribution in [0, 0.1) is 0 Å². The largest absolute Gasteiger partial charge is 0.490 e. The Balaban J connectivity index is 2.07. The highest BCUT2D eigenvalue weighted by atomic mass is 35.5. The molecule has 2 N–H and O–H groups in total. The highest BCUT2D eigenvalue weighted by Crippen LogP contribution is 2.30. The number of ether oxygens (including phenoxy) is 2. The van der Waals surface area contributed by atoms with Crippen molar-refractivity contribution in [3.63, 3.8) is 0 Å². The third-order valence-corrected chi connectivity index (χ3v) is 4.21. The van der Waals surface area contributed by atoms with Gasteiger partial charge in [0, 0.05) is 22.2 Å². The van der Waals surface area contributed by atoms with E-state index in [1.54, 1.807) is 18.3 Å². The van der Waals surface area contributed by atoms with E-state index in [9.17, 15) is 0 Å². The molecular weight excluding hydrogens is 405 g/mol. The molecule has 0 heterocycles. The maximum atomic E-state index is 6.19. The summed E-state index contributed by atoms with van der Waals surface area (Å²) in [6, 6.07) is 10.9. The fraction of sp³-hybridized carbons (Fsp3) is 0.263. The predicted octanol–water partition coefficient (Wildman–Crippen LogP) is 4.79. The van der Waals surface area contributed by atoms with Gasteiger partial charge in [-0.05, 0) is 62.0 Å². The minimum absolute atomic E-state index is 0.308. The van der Waals surface area contributed by atoms with Crippen LogP contribution in [0.1, 0.15) is 25.0 Å². The van der Waals surface area contributed by atoms with Crippen LogP contribution in [-0.4, -0.2) is 24.5 Å². The van der Waals surface area contributed by atoms with Crippen molar-refractivity contribution in [3.05, 3.63) is 57.6 Å². The van der Waals surface area contributed by atoms with Gasteiger partial charge >= 0.3 is 0 Å². The van der Waals surface area contributed by atoms with Crippen LogP contribution in [0.15, 0.2) is 41.5 Å². The third-order valence-electron chi connectivity index (χ3n) is 3.38. The molecule has 2 rings (SSSR count). The average molecular weight is 426 g/mol. The Morgan fingerprint density at radius 1 is 1.11 bits per heavy atom. The first-order valence-electron chi connectivity index (χ1n) is 8.44. The molecule has 0 aromatic heterocycles. The smallest absolute Gasteiger partial charge is 0.186 e. The predicted molar refractivity (Wildman–Crippen MR) is 115 cm³/mol. The van der Waals surface area contributed by atoms with Crippen molar-refractivity contribution in [2.45, 2.75) is 20.5 Å². The molecule has 2 aromatic rings. The second kappa shape index (κ2) is 11.0. The molecule has 8 heteroatoms. The van der Waals surface area contributed by atoms with Crippen molar-refractivity contribution in [2.75, 3.05) is 13.2 Å². The quantitative estimate of drug-likeness (QED) is 0.361. The summed E-state index contributed by atoms with van der Waals surface area (Å²) in [6.07, 6.45) is 1.66. The molecule has 0 aliphatic heterocycles. The van der Waals surface area contributed by atoms with E-state index in [1.165, 1.54) is 0 Å². The summed E-state index contributed by atoms with van der Waals surface area (Å²) >= 11 is 17.2. The normalized spacial score (nSPS) is 10.7. The van der Waals surface area contributed by atoms with Crippen molar-refractivity contribution in [2.24, 2.45) is 5.10 Å².